The summed E-state index contributed by atoms with van der Waals surface area (Å²) in [4.78, 5) is 39.7. The van der Waals surface area contributed by atoms with E-state index < -0.39 is 52.5 Å². The van der Waals surface area contributed by atoms with Gasteiger partial charge in [-0.05, 0) is 80.6 Å². The number of amides is 2. The Morgan fingerprint density at radius 2 is 1.03 bits per heavy atom. The summed E-state index contributed by atoms with van der Waals surface area (Å²) in [6.07, 6.45) is -2.64. The predicted molar refractivity (Wildman–Crippen MR) is 119 cm³/mol. The molecule has 2 atom stereocenters. The summed E-state index contributed by atoms with van der Waals surface area (Å²) in [6.45, 7) is 20.6. The van der Waals surface area contributed by atoms with Crippen LogP contribution in [0.25, 0.3) is 0 Å². The average Bonchev–Trinajstić information content (AvgIpc) is 2.43. The minimum Gasteiger partial charge on any atom is -0.458 e. The lowest BCUT2D eigenvalue weighted by atomic mass is 9.85. The first-order valence-corrected chi connectivity index (χ1v) is 10.7. The third-order valence-electron chi connectivity index (χ3n) is 3.88. The van der Waals surface area contributed by atoms with E-state index in [1.807, 2.05) is 20.8 Å². The van der Waals surface area contributed by atoms with Crippen LogP contribution in [0.4, 0.5) is 9.59 Å². The van der Waals surface area contributed by atoms with Crippen LogP contribution in [0.1, 0.15) is 95.9 Å². The first-order valence-electron chi connectivity index (χ1n) is 10.7. The number of nitrogens with zero attached hydrogens (tertiary/aromatic N) is 1. The molecule has 2 amide bonds. The lowest BCUT2D eigenvalue weighted by Gasteiger charge is -2.34. The zero-order valence-electron chi connectivity index (χ0n) is 21.4. The molecule has 0 rings (SSSR count). The van der Waals surface area contributed by atoms with E-state index in [4.69, 9.17) is 14.2 Å². The number of hydrogen-bond acceptors (Lipinski definition) is 7. The number of hydrogen-bond donors (Lipinski definition) is 1. The van der Waals surface area contributed by atoms with Crippen LogP contribution < -0.4 is 0 Å². The minimum absolute atomic E-state index is 0.00810. The molecule has 2 unspecified atom stereocenters. The molecule has 0 fully saturated rings. The Kier molecular flexibility index (Phi) is 9.59. The Balaban J connectivity index is 6.16. The number of rotatable bonds is 5. The summed E-state index contributed by atoms with van der Waals surface area (Å²) in [7, 11) is 0. The maximum absolute atomic E-state index is 13.0. The average molecular weight is 446 g/mol. The van der Waals surface area contributed by atoms with Gasteiger partial charge in [-0.3, -0.25) is 0 Å². The molecule has 0 aromatic carbocycles. The topological polar surface area (TPSA) is 102 Å². The van der Waals surface area contributed by atoms with Gasteiger partial charge in [0, 0.05) is 0 Å². The highest BCUT2D eigenvalue weighted by molar-refractivity contribution is 5.94. The van der Waals surface area contributed by atoms with Gasteiger partial charge in [0.25, 0.3) is 0 Å². The molecule has 0 radical (unpaired) electrons. The molecule has 0 aromatic rings. The third kappa shape index (κ3) is 12.0. The number of carbonyl (C=O) groups is 3. The van der Waals surface area contributed by atoms with Crippen LogP contribution in [-0.2, 0) is 19.0 Å². The molecule has 0 bridgehead atoms. The second-order valence-electron chi connectivity index (χ2n) is 11.8. The Hall–Kier alpha value is -1.83. The third-order valence-corrected chi connectivity index (χ3v) is 3.88. The molecule has 0 aliphatic heterocycles. The van der Waals surface area contributed by atoms with Crippen molar-refractivity contribution in [1.82, 2.24) is 4.90 Å². The highest BCUT2D eigenvalue weighted by Gasteiger charge is 2.42. The summed E-state index contributed by atoms with van der Waals surface area (Å²) < 4.78 is 16.3. The zero-order valence-corrected chi connectivity index (χ0v) is 21.4. The van der Waals surface area contributed by atoms with Gasteiger partial charge in [-0.15, -0.1) is 0 Å². The van der Waals surface area contributed by atoms with E-state index in [0.717, 1.165) is 0 Å². The van der Waals surface area contributed by atoms with Gasteiger partial charge in [-0.25, -0.2) is 14.4 Å². The van der Waals surface area contributed by atoms with Crippen molar-refractivity contribution in [3.63, 3.8) is 0 Å². The molecule has 0 saturated heterocycles. The first-order chi connectivity index (χ1) is 13.5. The van der Waals surface area contributed by atoms with Crippen molar-refractivity contribution < 1.29 is 33.7 Å². The normalized spacial score (nSPS) is 15.0. The zero-order chi connectivity index (χ0) is 25.0. The molecule has 0 aliphatic rings. The van der Waals surface area contributed by atoms with Crippen molar-refractivity contribution in [2.24, 2.45) is 5.41 Å². The van der Waals surface area contributed by atoms with Crippen LogP contribution in [-0.4, -0.2) is 57.1 Å². The number of ether oxygens (including phenoxy) is 3. The summed E-state index contributed by atoms with van der Waals surface area (Å²) in [6, 6.07) is -1.32. The summed E-state index contributed by atoms with van der Waals surface area (Å²) in [5.74, 6) is -0.773. The van der Waals surface area contributed by atoms with E-state index >= 15 is 0 Å². The summed E-state index contributed by atoms with van der Waals surface area (Å²) in [5, 5.41) is 10.5. The fourth-order valence-electron chi connectivity index (χ4n) is 2.42. The minimum atomic E-state index is -1.32. The van der Waals surface area contributed by atoms with Gasteiger partial charge >= 0.3 is 18.2 Å². The van der Waals surface area contributed by atoms with Crippen molar-refractivity contribution in [2.45, 2.75) is 125 Å². The van der Waals surface area contributed by atoms with Gasteiger partial charge in [0.15, 0.2) is 0 Å². The van der Waals surface area contributed by atoms with Gasteiger partial charge in [-0.1, -0.05) is 20.8 Å². The van der Waals surface area contributed by atoms with Gasteiger partial charge in [-0.2, -0.15) is 4.90 Å². The molecule has 0 spiro atoms. The molecule has 0 heterocycles. The second kappa shape index (κ2) is 10.2. The van der Waals surface area contributed by atoms with Crippen LogP contribution in [0, 0.1) is 5.41 Å². The number of esters is 1. The van der Waals surface area contributed by atoms with E-state index in [0.29, 0.717) is 4.90 Å². The highest BCUT2D eigenvalue weighted by Crippen LogP contribution is 2.27. The monoisotopic (exact) mass is 445 g/mol. The van der Waals surface area contributed by atoms with Crippen molar-refractivity contribution in [3.05, 3.63) is 0 Å². The molecule has 182 valence electrons. The number of aliphatic hydroxyl groups is 1. The van der Waals surface area contributed by atoms with E-state index in [2.05, 4.69) is 0 Å². The maximum atomic E-state index is 13.0. The lowest BCUT2D eigenvalue weighted by Crippen LogP contribution is -2.53. The van der Waals surface area contributed by atoms with Gasteiger partial charge in [0.2, 0.25) is 0 Å². The number of imide groups is 1. The highest BCUT2D eigenvalue weighted by atomic mass is 16.6. The van der Waals surface area contributed by atoms with Gasteiger partial charge in [0.1, 0.15) is 22.8 Å². The lowest BCUT2D eigenvalue weighted by molar-refractivity contribution is -0.161. The quantitative estimate of drug-likeness (QED) is 0.466. The summed E-state index contributed by atoms with van der Waals surface area (Å²) in [5.41, 5.74) is -3.09. The van der Waals surface area contributed by atoms with Gasteiger partial charge in [0.05, 0.1) is 6.10 Å². The van der Waals surface area contributed by atoms with Crippen molar-refractivity contribution in [2.75, 3.05) is 0 Å². The standard InChI is InChI=1S/C23H43NO7/c1-20(2,3)16(25)14-13-15(17(26)29-21(4,5)6)24(18(27)30-22(7,8)9)19(28)31-23(10,11)12/h15-16,25H,13-14H2,1-12H3. The van der Waals surface area contributed by atoms with Crippen molar-refractivity contribution in [1.29, 1.82) is 0 Å². The molecule has 8 nitrogen and oxygen atoms in total. The molecular formula is C23H43NO7. The Morgan fingerprint density at radius 1 is 0.677 bits per heavy atom. The molecule has 8 heteroatoms. The Bertz CT molecular complexity index is 602. The molecular weight excluding hydrogens is 402 g/mol. The van der Waals surface area contributed by atoms with Gasteiger partial charge < -0.3 is 19.3 Å². The van der Waals surface area contributed by atoms with Crippen LogP contribution in [0.15, 0.2) is 0 Å². The molecule has 31 heavy (non-hydrogen) atoms. The Morgan fingerprint density at radius 3 is 1.32 bits per heavy atom. The number of aliphatic hydroxyl groups excluding tert-OH is 1. The van der Waals surface area contributed by atoms with E-state index in [-0.39, 0.29) is 12.8 Å². The van der Waals surface area contributed by atoms with Crippen LogP contribution in [0.3, 0.4) is 0 Å². The second-order valence-corrected chi connectivity index (χ2v) is 11.8. The SMILES string of the molecule is CC(C)(C)OC(=O)C(CCC(O)C(C)(C)C)N(C(=O)OC(C)(C)C)C(=O)OC(C)(C)C. The van der Waals surface area contributed by atoms with Crippen LogP contribution in [0.5, 0.6) is 0 Å². The van der Waals surface area contributed by atoms with E-state index in [1.54, 1.807) is 62.3 Å². The molecule has 0 aromatic heterocycles. The predicted octanol–water partition coefficient (Wildman–Crippen LogP) is 5.06. The number of carbonyl (C=O) groups excluding carboxylic acids is 3. The smallest absolute Gasteiger partial charge is 0.420 e. The Labute approximate surface area is 187 Å². The van der Waals surface area contributed by atoms with E-state index in [9.17, 15) is 19.5 Å². The van der Waals surface area contributed by atoms with Crippen LogP contribution in [0.2, 0.25) is 0 Å². The van der Waals surface area contributed by atoms with Crippen molar-refractivity contribution >= 4 is 18.2 Å². The van der Waals surface area contributed by atoms with E-state index in [1.165, 1.54) is 0 Å². The maximum Gasteiger partial charge on any atom is 0.420 e. The van der Waals surface area contributed by atoms with Crippen LogP contribution >= 0.6 is 0 Å². The fraction of sp³-hybridized carbons (Fsp3) is 0.870. The first kappa shape index (κ1) is 29.2. The fourth-order valence-corrected chi connectivity index (χ4v) is 2.42. The summed E-state index contributed by atoms with van der Waals surface area (Å²) >= 11 is 0. The van der Waals surface area contributed by atoms with Crippen molar-refractivity contribution in [3.8, 4) is 0 Å². The molecule has 0 saturated carbocycles. The molecule has 1 N–H and O–H groups in total. The molecule has 0 aliphatic carbocycles. The largest absolute Gasteiger partial charge is 0.458 e.